The fourth-order valence-electron chi connectivity index (χ4n) is 3.34. The van der Waals surface area contributed by atoms with Crippen LogP contribution >= 0.6 is 0 Å². The molecule has 1 N–H and O–H groups in total. The molecule has 0 aliphatic carbocycles. The fraction of sp³-hybridized carbons (Fsp3) is 0.238. The van der Waals surface area contributed by atoms with Crippen molar-refractivity contribution in [2.24, 2.45) is 0 Å². The quantitative estimate of drug-likeness (QED) is 0.784. The fourth-order valence-corrected chi connectivity index (χ4v) is 3.34. The SMILES string of the molecule is CCOc1ccc(C2NC(=O)c3oc4cc(C)c(C)cc4c(=O)c32)cc1. The number of nitrogens with one attached hydrogen (secondary N) is 1. The molecule has 2 heterocycles. The highest BCUT2D eigenvalue weighted by Crippen LogP contribution is 2.32. The lowest BCUT2D eigenvalue weighted by atomic mass is 9.98. The largest absolute Gasteiger partial charge is 0.494 e. The van der Waals surface area contributed by atoms with Crippen LogP contribution in [0.4, 0.5) is 0 Å². The lowest BCUT2D eigenvalue weighted by Crippen LogP contribution is -2.21. The number of carbonyl (C=O) groups excluding carboxylic acids is 1. The zero-order valence-corrected chi connectivity index (χ0v) is 14.9. The molecule has 0 bridgehead atoms. The van der Waals surface area contributed by atoms with Crippen LogP contribution in [0.15, 0.2) is 45.6 Å². The topological polar surface area (TPSA) is 68.5 Å². The third-order valence-corrected chi connectivity index (χ3v) is 4.84. The molecule has 0 fully saturated rings. The molecule has 4 rings (SSSR count). The molecular formula is C21H19NO4. The van der Waals surface area contributed by atoms with Gasteiger partial charge in [0.2, 0.25) is 5.76 Å². The maximum absolute atomic E-state index is 13.1. The summed E-state index contributed by atoms with van der Waals surface area (Å²) in [5.41, 5.74) is 3.49. The lowest BCUT2D eigenvalue weighted by Gasteiger charge is -2.12. The molecule has 1 aliphatic heterocycles. The van der Waals surface area contributed by atoms with Gasteiger partial charge in [0.05, 0.1) is 23.6 Å². The summed E-state index contributed by atoms with van der Waals surface area (Å²) < 4.78 is 11.3. The molecule has 26 heavy (non-hydrogen) atoms. The number of amides is 1. The molecule has 5 nitrogen and oxygen atoms in total. The second kappa shape index (κ2) is 6.02. The third-order valence-electron chi connectivity index (χ3n) is 4.84. The molecule has 0 radical (unpaired) electrons. The van der Waals surface area contributed by atoms with E-state index in [2.05, 4.69) is 5.32 Å². The number of hydrogen-bond acceptors (Lipinski definition) is 4. The highest BCUT2D eigenvalue weighted by molar-refractivity contribution is 5.99. The van der Waals surface area contributed by atoms with E-state index in [4.69, 9.17) is 9.15 Å². The Kier molecular flexibility index (Phi) is 3.80. The van der Waals surface area contributed by atoms with Crippen molar-refractivity contribution < 1.29 is 13.9 Å². The molecule has 0 saturated heterocycles. The normalized spacial score (nSPS) is 15.8. The van der Waals surface area contributed by atoms with Crippen LogP contribution in [0.2, 0.25) is 0 Å². The Morgan fingerprint density at radius 3 is 2.46 bits per heavy atom. The summed E-state index contributed by atoms with van der Waals surface area (Å²) in [7, 11) is 0. The predicted molar refractivity (Wildman–Crippen MR) is 98.9 cm³/mol. The van der Waals surface area contributed by atoms with Crippen molar-refractivity contribution in [3.05, 3.63) is 74.6 Å². The van der Waals surface area contributed by atoms with E-state index >= 15 is 0 Å². The van der Waals surface area contributed by atoms with Crippen LogP contribution in [0.1, 0.15) is 45.8 Å². The predicted octanol–water partition coefficient (Wildman–Crippen LogP) is 3.64. The van der Waals surface area contributed by atoms with Crippen molar-refractivity contribution in [2.75, 3.05) is 6.61 Å². The van der Waals surface area contributed by atoms with Gasteiger partial charge in [0.25, 0.3) is 5.91 Å². The summed E-state index contributed by atoms with van der Waals surface area (Å²) in [4.78, 5) is 25.5. The van der Waals surface area contributed by atoms with Gasteiger partial charge in [0, 0.05) is 0 Å². The number of fused-ring (bicyclic) bond motifs is 2. The van der Waals surface area contributed by atoms with Crippen LogP contribution in [-0.2, 0) is 0 Å². The molecular weight excluding hydrogens is 330 g/mol. The minimum Gasteiger partial charge on any atom is -0.494 e. The van der Waals surface area contributed by atoms with Crippen LogP contribution in [0.5, 0.6) is 5.75 Å². The summed E-state index contributed by atoms with van der Waals surface area (Å²) in [6.07, 6.45) is 0. The van der Waals surface area contributed by atoms with E-state index in [9.17, 15) is 9.59 Å². The molecule has 3 aromatic rings. The summed E-state index contributed by atoms with van der Waals surface area (Å²) in [6.45, 7) is 6.40. The van der Waals surface area contributed by atoms with Crippen molar-refractivity contribution in [1.82, 2.24) is 5.32 Å². The Hall–Kier alpha value is -3.08. The maximum Gasteiger partial charge on any atom is 0.288 e. The average Bonchev–Trinajstić information content (AvgIpc) is 2.95. The van der Waals surface area contributed by atoms with E-state index in [0.29, 0.717) is 23.1 Å². The Morgan fingerprint density at radius 1 is 1.08 bits per heavy atom. The van der Waals surface area contributed by atoms with E-state index < -0.39 is 6.04 Å². The summed E-state index contributed by atoms with van der Waals surface area (Å²) in [5, 5.41) is 3.36. The van der Waals surface area contributed by atoms with Gasteiger partial charge in [-0.2, -0.15) is 0 Å². The van der Waals surface area contributed by atoms with Crippen molar-refractivity contribution in [2.45, 2.75) is 26.8 Å². The molecule has 1 amide bonds. The van der Waals surface area contributed by atoms with Gasteiger partial charge in [-0.25, -0.2) is 0 Å². The monoisotopic (exact) mass is 349 g/mol. The number of ether oxygens (including phenoxy) is 1. The zero-order valence-electron chi connectivity index (χ0n) is 14.9. The number of carbonyl (C=O) groups is 1. The first-order chi connectivity index (χ1) is 12.5. The van der Waals surface area contributed by atoms with Crippen LogP contribution in [0.25, 0.3) is 11.0 Å². The van der Waals surface area contributed by atoms with Crippen molar-refractivity contribution in [3.63, 3.8) is 0 Å². The van der Waals surface area contributed by atoms with Gasteiger partial charge >= 0.3 is 0 Å². The average molecular weight is 349 g/mol. The second-order valence-corrected chi connectivity index (χ2v) is 6.52. The molecule has 5 heteroatoms. The van der Waals surface area contributed by atoms with E-state index in [1.807, 2.05) is 57.2 Å². The standard InChI is InChI=1S/C21H19NO4/c1-4-25-14-7-5-13(6-8-14)18-17-19(23)15-9-11(2)12(3)10-16(15)26-20(17)21(24)22-18/h5-10,18H,4H2,1-3H3,(H,22,24). The molecule has 0 saturated carbocycles. The van der Waals surface area contributed by atoms with Crippen LogP contribution in [0.3, 0.4) is 0 Å². The number of rotatable bonds is 3. The maximum atomic E-state index is 13.1. The van der Waals surface area contributed by atoms with E-state index in [-0.39, 0.29) is 17.1 Å². The highest BCUT2D eigenvalue weighted by Gasteiger charge is 2.35. The van der Waals surface area contributed by atoms with Crippen molar-refractivity contribution in [1.29, 1.82) is 0 Å². The Labute approximate surface area is 150 Å². The summed E-state index contributed by atoms with van der Waals surface area (Å²) in [6, 6.07) is 10.5. The van der Waals surface area contributed by atoms with Gasteiger partial charge in [0.15, 0.2) is 5.43 Å². The van der Waals surface area contributed by atoms with Gasteiger partial charge in [-0.05, 0) is 61.7 Å². The number of aryl methyl sites for hydroxylation is 2. The molecule has 1 unspecified atom stereocenters. The highest BCUT2D eigenvalue weighted by atomic mass is 16.5. The molecule has 1 aliphatic rings. The zero-order chi connectivity index (χ0) is 18.4. The van der Waals surface area contributed by atoms with Crippen LogP contribution in [-0.4, -0.2) is 12.5 Å². The molecule has 2 aromatic carbocycles. The van der Waals surface area contributed by atoms with Crippen molar-refractivity contribution >= 4 is 16.9 Å². The summed E-state index contributed by atoms with van der Waals surface area (Å²) >= 11 is 0. The van der Waals surface area contributed by atoms with E-state index in [1.54, 1.807) is 0 Å². The van der Waals surface area contributed by atoms with Gasteiger partial charge in [0.1, 0.15) is 11.3 Å². The Morgan fingerprint density at radius 2 is 1.77 bits per heavy atom. The van der Waals surface area contributed by atoms with Crippen molar-refractivity contribution in [3.8, 4) is 5.75 Å². The van der Waals surface area contributed by atoms with Gasteiger partial charge in [-0.1, -0.05) is 12.1 Å². The lowest BCUT2D eigenvalue weighted by molar-refractivity contribution is 0.0938. The Balaban J connectivity index is 1.88. The van der Waals surface area contributed by atoms with Gasteiger partial charge in [-0.3, -0.25) is 9.59 Å². The third kappa shape index (κ3) is 2.47. The smallest absolute Gasteiger partial charge is 0.288 e. The van der Waals surface area contributed by atoms with Gasteiger partial charge in [-0.15, -0.1) is 0 Å². The van der Waals surface area contributed by atoms with Crippen LogP contribution < -0.4 is 15.5 Å². The van der Waals surface area contributed by atoms with E-state index in [1.165, 1.54) is 0 Å². The molecule has 1 atom stereocenters. The van der Waals surface area contributed by atoms with Gasteiger partial charge < -0.3 is 14.5 Å². The van der Waals surface area contributed by atoms with Crippen LogP contribution in [0, 0.1) is 13.8 Å². The molecule has 132 valence electrons. The minimum absolute atomic E-state index is 0.102. The van der Waals surface area contributed by atoms with E-state index in [0.717, 1.165) is 22.4 Å². The Bertz CT molecular complexity index is 1080. The summed E-state index contributed by atoms with van der Waals surface area (Å²) in [5.74, 6) is 0.484. The minimum atomic E-state index is -0.518. The molecule has 1 aromatic heterocycles. The first-order valence-corrected chi connectivity index (χ1v) is 8.61. The second-order valence-electron chi connectivity index (χ2n) is 6.52. The number of hydrogen-bond donors (Lipinski definition) is 1. The molecule has 0 spiro atoms. The number of benzene rings is 2. The first-order valence-electron chi connectivity index (χ1n) is 8.61. The first kappa shape index (κ1) is 16.4.